The molecule has 2 N–H and O–H groups in total. The normalized spacial score (nSPS) is 22.4. The Morgan fingerprint density at radius 3 is 2.64 bits per heavy atom. The van der Waals surface area contributed by atoms with E-state index in [1.807, 2.05) is 6.92 Å². The first-order chi connectivity index (χ1) is 10.3. The fourth-order valence-electron chi connectivity index (χ4n) is 2.29. The first-order valence-corrected chi connectivity index (χ1v) is 7.17. The number of amides is 1. The molecule has 0 unspecified atom stereocenters. The van der Waals surface area contributed by atoms with Crippen LogP contribution in [-0.2, 0) is 16.0 Å². The highest BCUT2D eigenvalue weighted by Gasteiger charge is 2.28. The van der Waals surface area contributed by atoms with Crippen LogP contribution in [0.3, 0.4) is 0 Å². The molecule has 1 aromatic rings. The second-order valence-electron chi connectivity index (χ2n) is 5.31. The molecule has 7 heteroatoms. The smallest absolute Gasteiger partial charge is 0.375 e. The number of carbonyl (C=O) groups excluding carboxylic acids is 1. The third-order valence-electron chi connectivity index (χ3n) is 3.52. The second-order valence-corrected chi connectivity index (χ2v) is 5.31. The molecule has 1 aliphatic heterocycles. The van der Waals surface area contributed by atoms with Gasteiger partial charge in [0.15, 0.2) is 0 Å². The van der Waals surface area contributed by atoms with E-state index in [-0.39, 0.29) is 18.4 Å². The summed E-state index contributed by atoms with van der Waals surface area (Å²) in [5, 5.41) is 5.81. The van der Waals surface area contributed by atoms with Crippen LogP contribution in [0.15, 0.2) is 24.3 Å². The largest absolute Gasteiger partial charge is 0.389 e. The van der Waals surface area contributed by atoms with Gasteiger partial charge >= 0.3 is 6.18 Å². The van der Waals surface area contributed by atoms with Gasteiger partial charge in [-0.2, -0.15) is 13.2 Å². The van der Waals surface area contributed by atoms with E-state index in [4.69, 9.17) is 4.74 Å². The number of carbonyl (C=O) groups is 1. The second kappa shape index (κ2) is 7.11. The van der Waals surface area contributed by atoms with E-state index < -0.39 is 18.6 Å². The molecular weight excluding hydrogens is 297 g/mol. The summed E-state index contributed by atoms with van der Waals surface area (Å²) >= 11 is 0. The first kappa shape index (κ1) is 16.8. The third-order valence-corrected chi connectivity index (χ3v) is 3.52. The van der Waals surface area contributed by atoms with Crippen molar-refractivity contribution in [2.75, 3.05) is 18.5 Å². The van der Waals surface area contributed by atoms with E-state index in [1.165, 1.54) is 0 Å². The van der Waals surface area contributed by atoms with Crippen LogP contribution in [0.2, 0.25) is 0 Å². The topological polar surface area (TPSA) is 50.4 Å². The van der Waals surface area contributed by atoms with Gasteiger partial charge in [-0.05, 0) is 31.0 Å². The van der Waals surface area contributed by atoms with Crippen LogP contribution in [0.5, 0.6) is 0 Å². The average Bonchev–Trinajstić information content (AvgIpc) is 2.46. The number of hydrogen-bond donors (Lipinski definition) is 2. The highest BCUT2D eigenvalue weighted by Crippen LogP contribution is 2.22. The maximum Gasteiger partial charge on any atom is 0.389 e. The zero-order valence-corrected chi connectivity index (χ0v) is 12.2. The molecule has 0 bridgehead atoms. The van der Waals surface area contributed by atoms with Crippen LogP contribution in [-0.4, -0.2) is 37.4 Å². The van der Waals surface area contributed by atoms with E-state index in [0.717, 1.165) is 0 Å². The van der Waals surface area contributed by atoms with Gasteiger partial charge in [0.1, 0.15) is 6.04 Å². The zero-order chi connectivity index (χ0) is 16.2. The van der Waals surface area contributed by atoms with Gasteiger partial charge in [0.25, 0.3) is 0 Å². The van der Waals surface area contributed by atoms with Crippen molar-refractivity contribution < 1.29 is 22.7 Å². The number of alkyl halides is 3. The summed E-state index contributed by atoms with van der Waals surface area (Å²) < 4.78 is 41.9. The molecule has 1 aliphatic rings. The van der Waals surface area contributed by atoms with Crippen molar-refractivity contribution >= 4 is 11.6 Å². The van der Waals surface area contributed by atoms with Crippen molar-refractivity contribution in [1.82, 2.24) is 5.32 Å². The summed E-state index contributed by atoms with van der Waals surface area (Å²) in [6.45, 7) is 2.99. The first-order valence-electron chi connectivity index (χ1n) is 7.17. The lowest BCUT2D eigenvalue weighted by molar-refractivity contribution is -0.134. The minimum Gasteiger partial charge on any atom is -0.375 e. The summed E-state index contributed by atoms with van der Waals surface area (Å²) in [7, 11) is 0. The lowest BCUT2D eigenvalue weighted by Crippen LogP contribution is -2.53. The van der Waals surface area contributed by atoms with Crippen LogP contribution < -0.4 is 10.6 Å². The Kier molecular flexibility index (Phi) is 5.42. The van der Waals surface area contributed by atoms with Gasteiger partial charge in [-0.25, -0.2) is 0 Å². The quantitative estimate of drug-likeness (QED) is 0.897. The fraction of sp³-hybridized carbons (Fsp3) is 0.533. The number of rotatable bonds is 4. The standard InChI is InChI=1S/C15H19F3N2O2/c1-10-13(19-8-9-22-10)14(21)20-12-4-2-11(3-5-12)6-7-15(16,17)18/h2-5,10,13,19H,6-9H2,1H3,(H,20,21)/t10-,13+/m1/s1. The van der Waals surface area contributed by atoms with Crippen LogP contribution in [0, 0.1) is 0 Å². The molecule has 0 radical (unpaired) electrons. The van der Waals surface area contributed by atoms with Gasteiger partial charge in [-0.3, -0.25) is 4.79 Å². The maximum atomic E-state index is 12.2. The van der Waals surface area contributed by atoms with E-state index in [2.05, 4.69) is 10.6 Å². The highest BCUT2D eigenvalue weighted by molar-refractivity contribution is 5.95. The molecule has 2 rings (SSSR count). The van der Waals surface area contributed by atoms with E-state index in [0.29, 0.717) is 24.4 Å². The maximum absolute atomic E-state index is 12.2. The lowest BCUT2D eigenvalue weighted by Gasteiger charge is -2.29. The number of benzene rings is 1. The van der Waals surface area contributed by atoms with Gasteiger partial charge in [-0.15, -0.1) is 0 Å². The van der Waals surface area contributed by atoms with E-state index >= 15 is 0 Å². The highest BCUT2D eigenvalue weighted by atomic mass is 19.4. The molecule has 1 amide bonds. The predicted molar refractivity (Wildman–Crippen MR) is 76.7 cm³/mol. The molecule has 2 atom stereocenters. The number of anilines is 1. The van der Waals surface area contributed by atoms with Crippen molar-refractivity contribution in [3.63, 3.8) is 0 Å². The summed E-state index contributed by atoms with van der Waals surface area (Å²) in [5.74, 6) is -0.213. The molecular formula is C15H19F3N2O2. The Labute approximate surface area is 127 Å². The fourth-order valence-corrected chi connectivity index (χ4v) is 2.29. The molecule has 122 valence electrons. The van der Waals surface area contributed by atoms with Gasteiger partial charge in [0.2, 0.25) is 5.91 Å². The van der Waals surface area contributed by atoms with Crippen LogP contribution in [0.1, 0.15) is 18.9 Å². The minimum absolute atomic E-state index is 0.0627. The Bertz CT molecular complexity index is 503. The van der Waals surface area contributed by atoms with Crippen LogP contribution in [0.4, 0.5) is 18.9 Å². The molecule has 1 heterocycles. The zero-order valence-electron chi connectivity index (χ0n) is 12.2. The number of hydrogen-bond acceptors (Lipinski definition) is 3. The van der Waals surface area contributed by atoms with Crippen molar-refractivity contribution in [2.45, 2.75) is 38.1 Å². The Balaban J connectivity index is 1.89. The lowest BCUT2D eigenvalue weighted by atomic mass is 10.1. The average molecular weight is 316 g/mol. The number of nitrogens with one attached hydrogen (secondary N) is 2. The Morgan fingerprint density at radius 1 is 1.36 bits per heavy atom. The van der Waals surface area contributed by atoms with Gasteiger partial charge < -0.3 is 15.4 Å². The molecule has 0 aromatic heterocycles. The Hall–Kier alpha value is -1.60. The summed E-state index contributed by atoms with van der Waals surface area (Å²) in [4.78, 5) is 12.1. The van der Waals surface area contributed by atoms with Crippen molar-refractivity contribution in [3.8, 4) is 0 Å². The monoisotopic (exact) mass is 316 g/mol. The molecule has 0 spiro atoms. The van der Waals surface area contributed by atoms with Crippen LogP contribution in [0.25, 0.3) is 0 Å². The van der Waals surface area contributed by atoms with Gasteiger partial charge in [0.05, 0.1) is 12.7 Å². The molecule has 22 heavy (non-hydrogen) atoms. The third kappa shape index (κ3) is 4.99. The summed E-state index contributed by atoms with van der Waals surface area (Å²) in [6, 6.07) is 5.97. The molecule has 4 nitrogen and oxygen atoms in total. The van der Waals surface area contributed by atoms with E-state index in [1.54, 1.807) is 24.3 Å². The predicted octanol–water partition coefficient (Wildman–Crippen LogP) is 2.50. The van der Waals surface area contributed by atoms with Crippen LogP contribution >= 0.6 is 0 Å². The van der Waals surface area contributed by atoms with Gasteiger partial charge in [0, 0.05) is 18.7 Å². The molecule has 1 aromatic carbocycles. The van der Waals surface area contributed by atoms with Gasteiger partial charge in [-0.1, -0.05) is 12.1 Å². The Morgan fingerprint density at radius 2 is 2.05 bits per heavy atom. The molecule has 1 saturated heterocycles. The summed E-state index contributed by atoms with van der Waals surface area (Å²) in [6.07, 6.45) is -5.29. The summed E-state index contributed by atoms with van der Waals surface area (Å²) in [5.41, 5.74) is 1.14. The minimum atomic E-state index is -4.16. The van der Waals surface area contributed by atoms with E-state index in [9.17, 15) is 18.0 Å². The number of morpholine rings is 1. The SMILES string of the molecule is C[C@H]1OCCN[C@@H]1C(=O)Nc1ccc(CCC(F)(F)F)cc1. The number of halogens is 3. The van der Waals surface area contributed by atoms with Crippen molar-refractivity contribution in [3.05, 3.63) is 29.8 Å². The molecule has 1 fully saturated rings. The molecule has 0 aliphatic carbocycles. The molecule has 0 saturated carbocycles. The van der Waals surface area contributed by atoms with Crippen molar-refractivity contribution in [1.29, 1.82) is 0 Å². The number of aryl methyl sites for hydroxylation is 1. The number of ether oxygens (including phenoxy) is 1. The van der Waals surface area contributed by atoms with Crippen molar-refractivity contribution in [2.24, 2.45) is 0 Å².